The van der Waals surface area contributed by atoms with E-state index >= 15 is 0 Å². The fourth-order valence-corrected chi connectivity index (χ4v) is 2.85. The first-order valence-corrected chi connectivity index (χ1v) is 8.32. The topological polar surface area (TPSA) is 120 Å². The maximum absolute atomic E-state index is 13.4. The maximum atomic E-state index is 13.4. The Labute approximate surface area is 137 Å². The lowest BCUT2D eigenvalue weighted by Gasteiger charge is -2.13. The zero-order valence-electron chi connectivity index (χ0n) is 12.6. The molecule has 0 aliphatic heterocycles. The number of amides is 2. The van der Waals surface area contributed by atoms with Crippen LogP contribution in [0, 0.1) is 5.82 Å². The number of phenols is 1. The Kier molecular flexibility index (Phi) is 5.19. The van der Waals surface area contributed by atoms with Gasteiger partial charge < -0.3 is 15.7 Å². The molecule has 2 rings (SSSR count). The Balaban J connectivity index is 2.33. The number of phenolic OH excluding ortho intramolecular Hbond substituents is 1. The largest absolute Gasteiger partial charge is 0.505 e. The van der Waals surface area contributed by atoms with E-state index in [9.17, 15) is 22.7 Å². The highest BCUT2D eigenvalue weighted by molar-refractivity contribution is 7.90. The number of rotatable bonds is 5. The van der Waals surface area contributed by atoms with Gasteiger partial charge in [0.2, 0.25) is 0 Å². The van der Waals surface area contributed by atoms with Crippen LogP contribution in [0.3, 0.4) is 0 Å². The minimum atomic E-state index is -4.18. The van der Waals surface area contributed by atoms with Gasteiger partial charge in [-0.1, -0.05) is 0 Å². The molecule has 10 heteroatoms. The first-order chi connectivity index (χ1) is 11.3. The number of hydrogen-bond donors (Lipinski definition) is 4. The van der Waals surface area contributed by atoms with Gasteiger partial charge in [0.15, 0.2) is 11.6 Å². The molecule has 0 atom stereocenters. The third-order valence-corrected chi connectivity index (χ3v) is 4.22. The quantitative estimate of drug-likeness (QED) is 0.606. The summed E-state index contributed by atoms with van der Waals surface area (Å²) in [6, 6.07) is 3.98. The predicted octanol–water partition coefficient (Wildman–Crippen LogP) is 1.68. The van der Waals surface area contributed by atoms with Crippen molar-refractivity contribution < 1.29 is 22.7 Å². The van der Waals surface area contributed by atoms with E-state index < -0.39 is 27.6 Å². The van der Waals surface area contributed by atoms with Crippen molar-refractivity contribution in [1.82, 2.24) is 15.0 Å². The van der Waals surface area contributed by atoms with Crippen molar-refractivity contribution in [2.24, 2.45) is 0 Å². The summed E-state index contributed by atoms with van der Waals surface area (Å²) in [6.45, 7) is 1.90. The summed E-state index contributed by atoms with van der Waals surface area (Å²) in [5, 5.41) is 14.2. The van der Waals surface area contributed by atoms with Crippen molar-refractivity contribution in [2.45, 2.75) is 11.8 Å². The Bertz CT molecular complexity index is 858. The van der Waals surface area contributed by atoms with Crippen molar-refractivity contribution in [2.75, 3.05) is 11.9 Å². The van der Waals surface area contributed by atoms with E-state index in [1.165, 1.54) is 18.3 Å². The van der Waals surface area contributed by atoms with Crippen LogP contribution in [0.15, 0.2) is 41.6 Å². The molecular formula is C14H15FN4O4S. The van der Waals surface area contributed by atoms with Crippen LogP contribution in [0.1, 0.15) is 6.92 Å². The standard InChI is InChI=1S/C14H15FN4O4S/c1-2-17-14(21)19-24(22,23)13-8-16-6-5-11(13)18-9-3-4-12(20)10(15)7-9/h3-8,20H,2H2,1H3,(H,16,18)(H2,17,19,21). The number of carbonyl (C=O) groups is 1. The molecule has 0 aliphatic rings. The molecule has 0 saturated heterocycles. The SMILES string of the molecule is CCNC(=O)NS(=O)(=O)c1cnccc1Nc1ccc(O)c(F)c1. The lowest BCUT2D eigenvalue weighted by atomic mass is 10.2. The van der Waals surface area contributed by atoms with Gasteiger partial charge in [0.05, 0.1) is 5.69 Å². The molecule has 0 radical (unpaired) electrons. The number of benzene rings is 1. The van der Waals surface area contributed by atoms with Gasteiger partial charge in [0.1, 0.15) is 4.90 Å². The summed E-state index contributed by atoms with van der Waals surface area (Å²) in [4.78, 5) is 14.9. The van der Waals surface area contributed by atoms with Crippen molar-refractivity contribution in [3.8, 4) is 5.75 Å². The Morgan fingerprint density at radius 2 is 2.08 bits per heavy atom. The molecule has 1 aromatic carbocycles. The fourth-order valence-electron chi connectivity index (χ4n) is 1.81. The summed E-state index contributed by atoms with van der Waals surface area (Å²) in [5.74, 6) is -1.39. The molecule has 2 amide bonds. The van der Waals surface area contributed by atoms with E-state index in [4.69, 9.17) is 0 Å². The van der Waals surface area contributed by atoms with Crippen molar-refractivity contribution >= 4 is 27.4 Å². The molecular weight excluding hydrogens is 339 g/mol. The highest BCUT2D eigenvalue weighted by Crippen LogP contribution is 2.26. The second kappa shape index (κ2) is 7.13. The van der Waals surface area contributed by atoms with Gasteiger partial charge in [0, 0.05) is 30.7 Å². The molecule has 0 aliphatic carbocycles. The Morgan fingerprint density at radius 3 is 2.75 bits per heavy atom. The molecule has 24 heavy (non-hydrogen) atoms. The lowest BCUT2D eigenvalue weighted by Crippen LogP contribution is -2.39. The van der Waals surface area contributed by atoms with E-state index in [1.807, 2.05) is 4.72 Å². The van der Waals surface area contributed by atoms with E-state index in [0.717, 1.165) is 18.3 Å². The third-order valence-electron chi connectivity index (χ3n) is 2.87. The van der Waals surface area contributed by atoms with Crippen LogP contribution in [0.25, 0.3) is 0 Å². The molecule has 2 aromatic rings. The van der Waals surface area contributed by atoms with Gasteiger partial charge in [-0.25, -0.2) is 22.3 Å². The Hall–Kier alpha value is -2.88. The van der Waals surface area contributed by atoms with Crippen LogP contribution in [0.2, 0.25) is 0 Å². The highest BCUT2D eigenvalue weighted by atomic mass is 32.2. The zero-order chi connectivity index (χ0) is 17.7. The van der Waals surface area contributed by atoms with Gasteiger partial charge in [-0.2, -0.15) is 0 Å². The maximum Gasteiger partial charge on any atom is 0.328 e. The molecule has 128 valence electrons. The van der Waals surface area contributed by atoms with Crippen LogP contribution in [-0.4, -0.2) is 31.1 Å². The first kappa shape index (κ1) is 17.5. The number of hydrogen-bond acceptors (Lipinski definition) is 6. The van der Waals surface area contributed by atoms with Crippen LogP contribution in [0.5, 0.6) is 5.75 Å². The average molecular weight is 354 g/mol. The number of carbonyl (C=O) groups excluding carboxylic acids is 1. The number of anilines is 2. The highest BCUT2D eigenvalue weighted by Gasteiger charge is 2.21. The molecule has 1 heterocycles. The summed E-state index contributed by atoms with van der Waals surface area (Å²) in [5.41, 5.74) is 0.304. The predicted molar refractivity (Wildman–Crippen MR) is 85.0 cm³/mol. The number of urea groups is 1. The average Bonchev–Trinajstić information content (AvgIpc) is 2.51. The molecule has 0 bridgehead atoms. The number of aromatic nitrogens is 1. The van der Waals surface area contributed by atoms with Crippen LogP contribution < -0.4 is 15.4 Å². The molecule has 0 unspecified atom stereocenters. The van der Waals surface area contributed by atoms with Crippen LogP contribution >= 0.6 is 0 Å². The van der Waals surface area contributed by atoms with Gasteiger partial charge in [-0.05, 0) is 25.1 Å². The van der Waals surface area contributed by atoms with E-state index in [1.54, 1.807) is 6.92 Å². The van der Waals surface area contributed by atoms with Gasteiger partial charge >= 0.3 is 6.03 Å². The van der Waals surface area contributed by atoms with Gasteiger partial charge in [-0.3, -0.25) is 4.98 Å². The molecule has 8 nitrogen and oxygen atoms in total. The number of halogens is 1. The Morgan fingerprint density at radius 1 is 1.33 bits per heavy atom. The number of nitrogens with one attached hydrogen (secondary N) is 3. The van der Waals surface area contributed by atoms with Crippen molar-refractivity contribution in [3.63, 3.8) is 0 Å². The van der Waals surface area contributed by atoms with E-state index in [0.29, 0.717) is 0 Å². The van der Waals surface area contributed by atoms with Crippen molar-refractivity contribution in [3.05, 3.63) is 42.5 Å². The van der Waals surface area contributed by atoms with Crippen molar-refractivity contribution in [1.29, 1.82) is 0 Å². The fraction of sp³-hybridized carbons (Fsp3) is 0.143. The molecule has 0 saturated carbocycles. The number of sulfonamides is 1. The first-order valence-electron chi connectivity index (χ1n) is 6.83. The van der Waals surface area contributed by atoms with Gasteiger partial charge in [0.25, 0.3) is 10.0 Å². The zero-order valence-corrected chi connectivity index (χ0v) is 13.4. The second-order valence-electron chi connectivity index (χ2n) is 4.63. The number of pyridine rings is 1. The van der Waals surface area contributed by atoms with E-state index in [2.05, 4.69) is 15.6 Å². The van der Waals surface area contributed by atoms with Crippen LogP contribution in [0.4, 0.5) is 20.6 Å². The minimum Gasteiger partial charge on any atom is -0.505 e. The second-order valence-corrected chi connectivity index (χ2v) is 6.28. The number of nitrogens with zero attached hydrogens (tertiary/aromatic N) is 1. The van der Waals surface area contributed by atoms with E-state index in [-0.39, 0.29) is 22.8 Å². The minimum absolute atomic E-state index is 0.0897. The summed E-state index contributed by atoms with van der Waals surface area (Å²) in [6.07, 6.45) is 2.39. The van der Waals surface area contributed by atoms with Crippen LogP contribution in [-0.2, 0) is 10.0 Å². The smallest absolute Gasteiger partial charge is 0.328 e. The normalized spacial score (nSPS) is 10.9. The monoisotopic (exact) mass is 354 g/mol. The molecule has 0 fully saturated rings. The molecule has 1 aromatic heterocycles. The molecule has 4 N–H and O–H groups in total. The lowest BCUT2D eigenvalue weighted by molar-refractivity contribution is 0.246. The summed E-state index contributed by atoms with van der Waals surface area (Å²) < 4.78 is 39.8. The summed E-state index contributed by atoms with van der Waals surface area (Å²) >= 11 is 0. The third kappa shape index (κ3) is 4.10. The number of aromatic hydroxyl groups is 1. The van der Waals surface area contributed by atoms with Gasteiger partial charge in [-0.15, -0.1) is 0 Å². The summed E-state index contributed by atoms with van der Waals surface area (Å²) in [7, 11) is -4.18. The molecule has 0 spiro atoms.